The largest absolute Gasteiger partial charge is 0.464 e. The molecule has 0 saturated heterocycles. The highest BCUT2D eigenvalue weighted by molar-refractivity contribution is 5.97. The molecular formula is C18H18N2O4. The molecule has 0 saturated carbocycles. The fraction of sp³-hybridized carbons (Fsp3) is 0.333. The van der Waals surface area contributed by atoms with Crippen LogP contribution in [0, 0.1) is 10.1 Å². The van der Waals surface area contributed by atoms with Gasteiger partial charge in [0.25, 0.3) is 5.88 Å². The van der Waals surface area contributed by atoms with Gasteiger partial charge in [-0.1, -0.05) is 36.8 Å². The number of aromatic nitrogens is 1. The van der Waals surface area contributed by atoms with Crippen LogP contribution >= 0.6 is 0 Å². The highest BCUT2D eigenvalue weighted by Gasteiger charge is 2.23. The molecule has 2 aromatic rings. The first-order valence-corrected chi connectivity index (χ1v) is 8.03. The summed E-state index contributed by atoms with van der Waals surface area (Å²) in [6.07, 6.45) is 4.70. The van der Waals surface area contributed by atoms with Gasteiger partial charge in [-0.25, -0.2) is 4.98 Å². The Kier molecular flexibility index (Phi) is 4.84. The number of hydrogen-bond acceptors (Lipinski definition) is 5. The van der Waals surface area contributed by atoms with E-state index in [1.807, 2.05) is 6.07 Å². The third kappa shape index (κ3) is 3.59. The van der Waals surface area contributed by atoms with Crippen molar-refractivity contribution in [2.75, 3.05) is 6.61 Å². The monoisotopic (exact) mass is 326 g/mol. The minimum atomic E-state index is -0.500. The molecule has 3 rings (SSSR count). The molecule has 0 bridgehead atoms. The van der Waals surface area contributed by atoms with Gasteiger partial charge in [0.05, 0.1) is 4.92 Å². The first-order chi connectivity index (χ1) is 11.6. The first kappa shape index (κ1) is 16.1. The number of benzene rings is 1. The molecule has 0 spiro atoms. The van der Waals surface area contributed by atoms with E-state index in [1.54, 1.807) is 30.3 Å². The number of hydrogen-bond donors (Lipinski definition) is 0. The summed E-state index contributed by atoms with van der Waals surface area (Å²) < 4.78 is 5.42. The second-order valence-electron chi connectivity index (χ2n) is 5.81. The smallest absolute Gasteiger partial charge is 0.331 e. The third-order valence-electron chi connectivity index (χ3n) is 4.13. The minimum absolute atomic E-state index is 0.0649. The number of carbonyl (C=O) groups excluding carboxylic acids is 1. The third-order valence-corrected chi connectivity index (χ3v) is 4.13. The van der Waals surface area contributed by atoms with Crippen LogP contribution < -0.4 is 4.74 Å². The van der Waals surface area contributed by atoms with Crippen LogP contribution in [-0.4, -0.2) is 22.3 Å². The van der Waals surface area contributed by atoms with Crippen molar-refractivity contribution in [3.63, 3.8) is 0 Å². The van der Waals surface area contributed by atoms with E-state index < -0.39 is 4.92 Å². The number of aryl methyl sites for hydroxylation is 2. The molecule has 124 valence electrons. The van der Waals surface area contributed by atoms with E-state index in [1.165, 1.54) is 0 Å². The molecule has 0 amide bonds. The Hall–Kier alpha value is -2.76. The molecule has 1 aliphatic carbocycles. The first-order valence-electron chi connectivity index (χ1n) is 8.03. The van der Waals surface area contributed by atoms with E-state index in [9.17, 15) is 14.9 Å². The summed E-state index contributed by atoms with van der Waals surface area (Å²) in [5, 5.41) is 11.3. The molecule has 0 radical (unpaired) electrons. The van der Waals surface area contributed by atoms with Gasteiger partial charge in [-0.3, -0.25) is 14.9 Å². The Balaban J connectivity index is 1.82. The predicted octanol–water partition coefficient (Wildman–Crippen LogP) is 3.52. The van der Waals surface area contributed by atoms with Crippen molar-refractivity contribution in [3.8, 4) is 5.88 Å². The fourth-order valence-electron chi connectivity index (χ4n) is 2.86. The number of nitrogens with zero attached hydrogens (tertiary/aromatic N) is 2. The van der Waals surface area contributed by atoms with Gasteiger partial charge < -0.3 is 4.74 Å². The van der Waals surface area contributed by atoms with Crippen LogP contribution in [0.4, 0.5) is 5.69 Å². The summed E-state index contributed by atoms with van der Waals surface area (Å²) in [5.41, 5.74) is 2.10. The maximum atomic E-state index is 12.1. The molecule has 0 unspecified atom stereocenters. The van der Waals surface area contributed by atoms with Gasteiger partial charge in [-0.2, -0.15) is 0 Å². The average molecular weight is 326 g/mol. The zero-order valence-corrected chi connectivity index (χ0v) is 13.2. The number of carbonyl (C=O) groups is 1. The summed E-state index contributed by atoms with van der Waals surface area (Å²) in [6.45, 7) is -0.267. The number of Topliss-reactive ketones (excluding diaryl/α,β-unsaturated/α-hetero) is 1. The summed E-state index contributed by atoms with van der Waals surface area (Å²) in [6, 6.07) is 10.3. The number of rotatable bonds is 5. The molecule has 1 aromatic carbocycles. The highest BCUT2D eigenvalue weighted by atomic mass is 16.6. The maximum Gasteiger partial charge on any atom is 0.331 e. The average Bonchev–Trinajstić information content (AvgIpc) is 2.84. The lowest BCUT2D eigenvalue weighted by molar-refractivity contribution is -0.386. The van der Waals surface area contributed by atoms with Gasteiger partial charge in [-0.15, -0.1) is 0 Å². The van der Waals surface area contributed by atoms with E-state index in [2.05, 4.69) is 4.98 Å². The maximum absolute atomic E-state index is 12.1. The number of ketones is 1. The molecule has 0 atom stereocenters. The lowest BCUT2D eigenvalue weighted by atomic mass is 10.1. The zero-order chi connectivity index (χ0) is 16.9. The van der Waals surface area contributed by atoms with Crippen LogP contribution in [0.1, 0.15) is 40.9 Å². The molecule has 6 nitrogen and oxygen atoms in total. The molecule has 0 N–H and O–H groups in total. The summed E-state index contributed by atoms with van der Waals surface area (Å²) >= 11 is 0. The van der Waals surface area contributed by atoms with Crippen molar-refractivity contribution in [1.29, 1.82) is 0 Å². The van der Waals surface area contributed by atoms with Crippen LogP contribution in [0.2, 0.25) is 0 Å². The number of ether oxygens (including phenoxy) is 1. The number of nitro groups is 1. The lowest BCUT2D eigenvalue weighted by Crippen LogP contribution is -2.14. The second-order valence-corrected chi connectivity index (χ2v) is 5.81. The highest BCUT2D eigenvalue weighted by Crippen LogP contribution is 2.30. The fourth-order valence-corrected chi connectivity index (χ4v) is 2.86. The summed E-state index contributed by atoms with van der Waals surface area (Å²) in [4.78, 5) is 27.3. The molecular weight excluding hydrogens is 308 g/mol. The van der Waals surface area contributed by atoms with E-state index in [0.717, 1.165) is 43.4 Å². The standard InChI is InChI=1S/C18H18N2O4/c21-17(13-7-3-1-4-8-13)12-24-18-16(20(22)23)11-14-9-5-2-6-10-15(14)19-18/h1,3-4,7-8,11H,2,5-6,9-10,12H2. The van der Waals surface area contributed by atoms with Gasteiger partial charge in [-0.05, 0) is 31.2 Å². The zero-order valence-electron chi connectivity index (χ0n) is 13.2. The second kappa shape index (κ2) is 7.21. The van der Waals surface area contributed by atoms with Crippen LogP contribution in [-0.2, 0) is 12.8 Å². The molecule has 6 heteroatoms. The predicted molar refractivity (Wildman–Crippen MR) is 88.4 cm³/mol. The molecule has 1 aliphatic rings. The molecule has 24 heavy (non-hydrogen) atoms. The Morgan fingerprint density at radius 2 is 1.92 bits per heavy atom. The molecule has 0 aliphatic heterocycles. The van der Waals surface area contributed by atoms with Crippen molar-refractivity contribution in [2.45, 2.75) is 32.1 Å². The Labute approximate surface area is 139 Å². The van der Waals surface area contributed by atoms with Gasteiger partial charge in [0, 0.05) is 17.3 Å². The summed E-state index contributed by atoms with van der Waals surface area (Å²) in [5.74, 6) is -0.299. The number of pyridine rings is 1. The molecule has 0 fully saturated rings. The lowest BCUT2D eigenvalue weighted by Gasteiger charge is -2.10. The van der Waals surface area contributed by atoms with Crippen molar-refractivity contribution in [1.82, 2.24) is 4.98 Å². The van der Waals surface area contributed by atoms with Crippen LogP contribution in [0.25, 0.3) is 0 Å². The SMILES string of the molecule is O=C(COc1nc2c(cc1[N+](=O)[O-])CCCCC2)c1ccccc1. The van der Waals surface area contributed by atoms with Crippen LogP contribution in [0.15, 0.2) is 36.4 Å². The molecule has 1 aromatic heterocycles. The van der Waals surface area contributed by atoms with Crippen LogP contribution in [0.3, 0.4) is 0 Å². The summed E-state index contributed by atoms with van der Waals surface area (Å²) in [7, 11) is 0. The Morgan fingerprint density at radius 1 is 1.17 bits per heavy atom. The van der Waals surface area contributed by atoms with Gasteiger partial charge in [0.2, 0.25) is 0 Å². The number of fused-ring (bicyclic) bond motifs is 1. The minimum Gasteiger partial charge on any atom is -0.464 e. The van der Waals surface area contributed by atoms with Gasteiger partial charge >= 0.3 is 5.69 Å². The molecule has 1 heterocycles. The van der Waals surface area contributed by atoms with Crippen molar-refractivity contribution < 1.29 is 14.5 Å². The topological polar surface area (TPSA) is 82.3 Å². The van der Waals surface area contributed by atoms with E-state index in [0.29, 0.717) is 5.56 Å². The van der Waals surface area contributed by atoms with E-state index in [-0.39, 0.29) is 24.0 Å². The van der Waals surface area contributed by atoms with Crippen molar-refractivity contribution in [3.05, 3.63) is 63.3 Å². The normalized spacial score (nSPS) is 13.7. The van der Waals surface area contributed by atoms with Crippen molar-refractivity contribution in [2.24, 2.45) is 0 Å². The Bertz CT molecular complexity index is 759. The van der Waals surface area contributed by atoms with Crippen LogP contribution in [0.5, 0.6) is 5.88 Å². The van der Waals surface area contributed by atoms with E-state index in [4.69, 9.17) is 4.74 Å². The van der Waals surface area contributed by atoms with Crippen molar-refractivity contribution >= 4 is 11.5 Å². The van der Waals surface area contributed by atoms with Gasteiger partial charge in [0.1, 0.15) is 0 Å². The Morgan fingerprint density at radius 3 is 2.67 bits per heavy atom. The van der Waals surface area contributed by atoms with Gasteiger partial charge in [0.15, 0.2) is 12.4 Å². The van der Waals surface area contributed by atoms with E-state index >= 15 is 0 Å². The quantitative estimate of drug-likeness (QED) is 0.363.